The highest BCUT2D eigenvalue weighted by Gasteiger charge is 2.14. The minimum Gasteiger partial charge on any atom is -0.394 e. The zero-order valence-corrected chi connectivity index (χ0v) is 9.72. The van der Waals surface area contributed by atoms with Gasteiger partial charge in [0.2, 0.25) is 0 Å². The quantitative estimate of drug-likeness (QED) is 0.828. The van der Waals surface area contributed by atoms with E-state index in [4.69, 9.17) is 22.4 Å². The van der Waals surface area contributed by atoms with Crippen molar-refractivity contribution in [2.45, 2.75) is 10.9 Å². The first kappa shape index (κ1) is 12.4. The van der Waals surface area contributed by atoms with Crippen molar-refractivity contribution in [1.29, 1.82) is 0 Å². The summed E-state index contributed by atoms with van der Waals surface area (Å²) in [5.41, 5.74) is 6.01. The van der Waals surface area contributed by atoms with Crippen molar-refractivity contribution in [3.63, 3.8) is 0 Å². The number of aliphatic hydroxyl groups is 1. The third kappa shape index (κ3) is 2.92. The molecule has 0 aliphatic rings. The van der Waals surface area contributed by atoms with Gasteiger partial charge in [-0.05, 0) is 23.8 Å². The molecular formula is C9H12ClNO3S. The molecule has 0 saturated heterocycles. The van der Waals surface area contributed by atoms with Gasteiger partial charge in [-0.3, -0.25) is 0 Å². The van der Waals surface area contributed by atoms with Crippen molar-refractivity contribution in [3.05, 3.63) is 28.8 Å². The van der Waals surface area contributed by atoms with Gasteiger partial charge in [0, 0.05) is 11.3 Å². The minimum atomic E-state index is -3.28. The van der Waals surface area contributed by atoms with Crippen molar-refractivity contribution >= 4 is 21.4 Å². The molecule has 0 radical (unpaired) electrons. The van der Waals surface area contributed by atoms with E-state index in [1.54, 1.807) is 0 Å². The van der Waals surface area contributed by atoms with Crippen LogP contribution in [0.1, 0.15) is 11.6 Å². The monoisotopic (exact) mass is 249 g/mol. The van der Waals surface area contributed by atoms with Crippen LogP contribution in [0.2, 0.25) is 5.02 Å². The predicted molar refractivity (Wildman–Crippen MR) is 58.6 cm³/mol. The zero-order chi connectivity index (χ0) is 11.6. The van der Waals surface area contributed by atoms with Crippen LogP contribution in [0.5, 0.6) is 0 Å². The normalized spacial score (nSPS) is 13.9. The molecule has 1 aromatic carbocycles. The van der Waals surface area contributed by atoms with Gasteiger partial charge in [-0.1, -0.05) is 11.6 Å². The lowest BCUT2D eigenvalue weighted by atomic mass is 10.1. The van der Waals surface area contributed by atoms with Gasteiger partial charge in [0.1, 0.15) is 0 Å². The van der Waals surface area contributed by atoms with E-state index in [0.717, 1.165) is 6.26 Å². The summed E-state index contributed by atoms with van der Waals surface area (Å²) in [6.07, 6.45) is 1.10. The van der Waals surface area contributed by atoms with Crippen LogP contribution in [-0.4, -0.2) is 26.4 Å². The first-order valence-corrected chi connectivity index (χ1v) is 6.49. The van der Waals surface area contributed by atoms with Crippen LogP contribution in [0.15, 0.2) is 23.1 Å². The van der Waals surface area contributed by atoms with Crippen LogP contribution in [0.3, 0.4) is 0 Å². The molecule has 0 amide bonds. The van der Waals surface area contributed by atoms with E-state index in [1.165, 1.54) is 18.2 Å². The largest absolute Gasteiger partial charge is 0.394 e. The van der Waals surface area contributed by atoms with Crippen LogP contribution in [0, 0.1) is 0 Å². The third-order valence-corrected chi connectivity index (χ3v) is 3.45. The second kappa shape index (κ2) is 4.49. The molecule has 0 heterocycles. The van der Waals surface area contributed by atoms with E-state index in [1.807, 2.05) is 0 Å². The molecule has 3 N–H and O–H groups in total. The van der Waals surface area contributed by atoms with Crippen molar-refractivity contribution in [2.24, 2.45) is 5.73 Å². The molecule has 0 aliphatic heterocycles. The lowest BCUT2D eigenvalue weighted by molar-refractivity contribution is 0.268. The van der Waals surface area contributed by atoms with Crippen LogP contribution >= 0.6 is 11.6 Å². The number of halogens is 1. The van der Waals surface area contributed by atoms with E-state index in [2.05, 4.69) is 0 Å². The van der Waals surface area contributed by atoms with Crippen LogP contribution < -0.4 is 5.73 Å². The van der Waals surface area contributed by atoms with E-state index >= 15 is 0 Å². The Hall–Kier alpha value is -0.620. The Morgan fingerprint density at radius 2 is 2.13 bits per heavy atom. The van der Waals surface area contributed by atoms with Gasteiger partial charge in [0.15, 0.2) is 9.84 Å². The van der Waals surface area contributed by atoms with Gasteiger partial charge in [-0.2, -0.15) is 0 Å². The predicted octanol–water partition coefficient (Wildman–Crippen LogP) is 0.736. The summed E-state index contributed by atoms with van der Waals surface area (Å²) >= 11 is 5.83. The number of nitrogens with two attached hydrogens (primary N) is 1. The highest BCUT2D eigenvalue weighted by molar-refractivity contribution is 7.90. The van der Waals surface area contributed by atoms with E-state index < -0.39 is 15.9 Å². The molecule has 0 bridgehead atoms. The van der Waals surface area contributed by atoms with Crippen LogP contribution in [0.25, 0.3) is 0 Å². The zero-order valence-electron chi connectivity index (χ0n) is 8.14. The highest BCUT2D eigenvalue weighted by atomic mass is 35.5. The second-order valence-corrected chi connectivity index (χ2v) is 5.67. The maximum Gasteiger partial charge on any atom is 0.175 e. The molecule has 4 nitrogen and oxygen atoms in total. The minimum absolute atomic E-state index is 0.144. The lowest BCUT2D eigenvalue weighted by Gasteiger charge is -2.11. The maximum atomic E-state index is 11.3. The molecule has 1 atom stereocenters. The molecule has 1 aromatic rings. The van der Waals surface area contributed by atoms with Gasteiger partial charge < -0.3 is 10.8 Å². The molecule has 15 heavy (non-hydrogen) atoms. The Bertz CT molecular complexity index is 458. The van der Waals surface area contributed by atoms with Gasteiger partial charge in [-0.15, -0.1) is 0 Å². The second-order valence-electron chi connectivity index (χ2n) is 3.24. The summed E-state index contributed by atoms with van der Waals surface area (Å²) in [4.78, 5) is 0.144. The molecule has 0 aromatic heterocycles. The number of benzene rings is 1. The number of hydrogen-bond acceptors (Lipinski definition) is 4. The summed E-state index contributed by atoms with van der Waals surface area (Å²) in [7, 11) is -3.28. The molecule has 1 rings (SSSR count). The first-order valence-electron chi connectivity index (χ1n) is 4.22. The maximum absolute atomic E-state index is 11.3. The molecule has 0 saturated carbocycles. The Labute approximate surface area is 93.6 Å². The average molecular weight is 250 g/mol. The molecule has 0 spiro atoms. The Morgan fingerprint density at radius 1 is 1.53 bits per heavy atom. The SMILES string of the molecule is CS(=O)(=O)c1ccc(Cl)c(C(N)CO)c1. The van der Waals surface area contributed by atoms with Crippen molar-refractivity contribution in [3.8, 4) is 0 Å². The Morgan fingerprint density at radius 3 is 2.60 bits per heavy atom. The van der Waals surface area contributed by atoms with Crippen LogP contribution in [0.4, 0.5) is 0 Å². The standard InChI is InChI=1S/C9H12ClNO3S/c1-15(13,14)6-2-3-8(10)7(4-6)9(11)5-12/h2-4,9,12H,5,11H2,1H3. The number of rotatable bonds is 3. The summed E-state index contributed by atoms with van der Waals surface area (Å²) in [6, 6.07) is 3.59. The summed E-state index contributed by atoms with van der Waals surface area (Å²) in [5.74, 6) is 0. The number of aliphatic hydroxyl groups excluding tert-OH is 1. The van der Waals surface area contributed by atoms with E-state index in [-0.39, 0.29) is 11.5 Å². The first-order chi connectivity index (χ1) is 6.86. The highest BCUT2D eigenvalue weighted by Crippen LogP contribution is 2.24. The number of sulfone groups is 1. The van der Waals surface area contributed by atoms with Crippen molar-refractivity contribution in [1.82, 2.24) is 0 Å². The summed E-state index contributed by atoms with van der Waals surface area (Å²) in [5, 5.41) is 9.22. The van der Waals surface area contributed by atoms with E-state index in [0.29, 0.717) is 10.6 Å². The fourth-order valence-electron chi connectivity index (χ4n) is 1.13. The molecular weight excluding hydrogens is 238 g/mol. The van der Waals surface area contributed by atoms with Crippen molar-refractivity contribution in [2.75, 3.05) is 12.9 Å². The molecule has 1 unspecified atom stereocenters. The van der Waals surface area contributed by atoms with Crippen LogP contribution in [-0.2, 0) is 9.84 Å². The van der Waals surface area contributed by atoms with Gasteiger partial charge in [-0.25, -0.2) is 8.42 Å². The van der Waals surface area contributed by atoms with Crippen molar-refractivity contribution < 1.29 is 13.5 Å². The smallest absolute Gasteiger partial charge is 0.175 e. The third-order valence-electron chi connectivity index (χ3n) is 1.99. The molecule has 0 aliphatic carbocycles. The topological polar surface area (TPSA) is 80.4 Å². The molecule has 84 valence electrons. The Balaban J connectivity index is 3.29. The van der Waals surface area contributed by atoms with Gasteiger partial charge in [0.05, 0.1) is 17.5 Å². The number of hydrogen-bond donors (Lipinski definition) is 2. The van der Waals surface area contributed by atoms with E-state index in [9.17, 15) is 8.42 Å². The summed E-state index contributed by atoms with van der Waals surface area (Å²) < 4.78 is 22.5. The van der Waals surface area contributed by atoms with Gasteiger partial charge >= 0.3 is 0 Å². The van der Waals surface area contributed by atoms with Gasteiger partial charge in [0.25, 0.3) is 0 Å². The fourth-order valence-corrected chi connectivity index (χ4v) is 2.05. The molecule has 6 heteroatoms. The summed E-state index contributed by atoms with van der Waals surface area (Å²) in [6.45, 7) is -0.285. The fraction of sp³-hybridized carbons (Fsp3) is 0.333. The lowest BCUT2D eigenvalue weighted by Crippen LogP contribution is -2.15. The molecule has 0 fully saturated rings. The average Bonchev–Trinajstić information content (AvgIpc) is 2.15. The Kier molecular flexibility index (Phi) is 3.72.